The van der Waals surface area contributed by atoms with Gasteiger partial charge < -0.3 is 5.32 Å². The monoisotopic (exact) mass is 384 g/mol. The van der Waals surface area contributed by atoms with Gasteiger partial charge in [-0.25, -0.2) is 0 Å². The van der Waals surface area contributed by atoms with E-state index < -0.39 is 10.2 Å². The second-order valence-corrected chi connectivity index (χ2v) is 7.07. The number of amides is 1. The van der Waals surface area contributed by atoms with Gasteiger partial charge in [0, 0.05) is 17.8 Å². The van der Waals surface area contributed by atoms with Gasteiger partial charge in [-0.15, -0.1) is 5.10 Å². The van der Waals surface area contributed by atoms with E-state index in [0.29, 0.717) is 10.8 Å². The van der Waals surface area contributed by atoms with E-state index in [1.807, 2.05) is 31.2 Å². The van der Waals surface area contributed by atoms with Crippen LogP contribution in [-0.4, -0.2) is 36.3 Å². The predicted molar refractivity (Wildman–Crippen MR) is 101 cm³/mol. The van der Waals surface area contributed by atoms with Crippen molar-refractivity contribution >= 4 is 29.0 Å². The molecule has 0 aliphatic heterocycles. The molecule has 10 heteroatoms. The van der Waals surface area contributed by atoms with Gasteiger partial charge in [0.2, 0.25) is 11.1 Å². The van der Waals surface area contributed by atoms with Gasteiger partial charge in [-0.3, -0.25) is 14.9 Å². The molecule has 1 aromatic heterocycles. The van der Waals surface area contributed by atoms with Crippen LogP contribution in [0.25, 0.3) is 5.69 Å². The van der Waals surface area contributed by atoms with Crippen LogP contribution in [-0.2, 0) is 4.79 Å². The Balaban J connectivity index is 1.67. The van der Waals surface area contributed by atoms with Crippen molar-refractivity contribution in [1.82, 2.24) is 20.2 Å². The highest BCUT2D eigenvalue weighted by Gasteiger charge is 2.19. The Morgan fingerprint density at radius 2 is 1.85 bits per heavy atom. The van der Waals surface area contributed by atoms with Crippen molar-refractivity contribution in [2.75, 3.05) is 5.32 Å². The van der Waals surface area contributed by atoms with Gasteiger partial charge in [0.05, 0.1) is 15.9 Å². The molecule has 1 amide bonds. The average Bonchev–Trinajstić information content (AvgIpc) is 3.10. The highest BCUT2D eigenvalue weighted by Crippen LogP contribution is 2.24. The van der Waals surface area contributed by atoms with Gasteiger partial charge in [-0.05, 0) is 48.5 Å². The molecule has 1 N–H and O–H groups in total. The summed E-state index contributed by atoms with van der Waals surface area (Å²) in [6.45, 7) is 3.73. The van der Waals surface area contributed by atoms with Crippen LogP contribution in [0.4, 0.5) is 11.4 Å². The lowest BCUT2D eigenvalue weighted by Crippen LogP contribution is -2.22. The van der Waals surface area contributed by atoms with E-state index in [2.05, 4.69) is 20.8 Å². The number of anilines is 1. The van der Waals surface area contributed by atoms with Crippen molar-refractivity contribution in [3.8, 4) is 5.69 Å². The number of nitro benzene ring substituents is 1. The Labute approximate surface area is 158 Å². The smallest absolute Gasteiger partial charge is 0.269 e. The van der Waals surface area contributed by atoms with E-state index in [0.717, 1.165) is 11.3 Å². The summed E-state index contributed by atoms with van der Waals surface area (Å²) in [6.07, 6.45) is 0. The molecule has 1 heterocycles. The summed E-state index contributed by atoms with van der Waals surface area (Å²) in [5.74, 6) is -0.257. The molecule has 0 radical (unpaired) electrons. The topological polar surface area (TPSA) is 116 Å². The number of carbonyl (C=O) groups excluding carboxylic acids is 1. The molecule has 0 saturated carbocycles. The van der Waals surface area contributed by atoms with Gasteiger partial charge >= 0.3 is 0 Å². The average molecular weight is 384 g/mol. The number of rotatable bonds is 6. The Bertz CT molecular complexity index is 956. The summed E-state index contributed by atoms with van der Waals surface area (Å²) in [7, 11) is 0. The highest BCUT2D eigenvalue weighted by atomic mass is 32.2. The molecular weight excluding hydrogens is 368 g/mol. The van der Waals surface area contributed by atoms with Crippen LogP contribution in [0.3, 0.4) is 0 Å². The number of tetrazole rings is 1. The zero-order valence-corrected chi connectivity index (χ0v) is 15.4. The van der Waals surface area contributed by atoms with Crippen LogP contribution >= 0.6 is 11.8 Å². The lowest BCUT2D eigenvalue weighted by atomic mass is 10.2. The van der Waals surface area contributed by atoms with Crippen molar-refractivity contribution in [2.24, 2.45) is 0 Å². The molecule has 27 heavy (non-hydrogen) atoms. The van der Waals surface area contributed by atoms with Gasteiger partial charge in [-0.1, -0.05) is 29.5 Å². The van der Waals surface area contributed by atoms with Crippen LogP contribution in [0.15, 0.2) is 53.7 Å². The second kappa shape index (κ2) is 7.96. The molecule has 0 fully saturated rings. The molecule has 0 aliphatic rings. The number of thioether (sulfide) groups is 1. The third-order valence-electron chi connectivity index (χ3n) is 3.72. The van der Waals surface area contributed by atoms with Crippen molar-refractivity contribution in [3.05, 3.63) is 64.2 Å². The van der Waals surface area contributed by atoms with Gasteiger partial charge in [-0.2, -0.15) is 4.68 Å². The van der Waals surface area contributed by atoms with Gasteiger partial charge in [0.1, 0.15) is 0 Å². The van der Waals surface area contributed by atoms with E-state index in [1.165, 1.54) is 36.0 Å². The first kappa shape index (κ1) is 18.5. The zero-order valence-electron chi connectivity index (χ0n) is 14.6. The molecule has 3 aromatic rings. The summed E-state index contributed by atoms with van der Waals surface area (Å²) in [5.41, 5.74) is 2.37. The zero-order chi connectivity index (χ0) is 19.4. The number of non-ortho nitro benzene ring substituents is 1. The summed E-state index contributed by atoms with van der Waals surface area (Å²) in [6, 6.07) is 13.4. The molecule has 1 unspecified atom stereocenters. The second-order valence-electron chi connectivity index (χ2n) is 5.76. The number of nitrogens with zero attached hydrogens (tertiary/aromatic N) is 5. The van der Waals surface area contributed by atoms with E-state index in [9.17, 15) is 14.9 Å². The summed E-state index contributed by atoms with van der Waals surface area (Å²) in [5, 5.41) is 25.1. The Kier molecular flexibility index (Phi) is 5.46. The largest absolute Gasteiger partial charge is 0.325 e. The van der Waals surface area contributed by atoms with Crippen molar-refractivity contribution in [1.29, 1.82) is 0 Å². The van der Waals surface area contributed by atoms with E-state index in [-0.39, 0.29) is 11.6 Å². The van der Waals surface area contributed by atoms with Crippen molar-refractivity contribution < 1.29 is 9.72 Å². The number of benzene rings is 2. The normalized spacial score (nSPS) is 11.8. The SMILES string of the molecule is Cc1ccc(-n2nnnc2SC(C)C(=O)Nc2ccc([N+](=O)[O-])cc2)cc1. The standard InChI is InChI=1S/C17H16N6O3S/c1-11-3-7-14(8-4-11)22-17(19-20-21-22)27-12(2)16(24)18-13-5-9-15(10-6-13)23(25)26/h3-10,12H,1-2H3,(H,18,24). The van der Waals surface area contributed by atoms with Crippen LogP contribution < -0.4 is 5.32 Å². The van der Waals surface area contributed by atoms with Crippen LogP contribution in [0, 0.1) is 17.0 Å². The number of nitrogens with one attached hydrogen (secondary N) is 1. The fourth-order valence-corrected chi connectivity index (χ4v) is 3.03. The molecule has 1 atom stereocenters. The molecule has 0 spiro atoms. The minimum absolute atomic E-state index is 0.0345. The summed E-state index contributed by atoms with van der Waals surface area (Å²) in [4.78, 5) is 22.6. The minimum Gasteiger partial charge on any atom is -0.325 e. The molecule has 2 aromatic carbocycles. The number of nitro groups is 1. The van der Waals surface area contributed by atoms with Crippen LogP contribution in [0.1, 0.15) is 12.5 Å². The summed E-state index contributed by atoms with van der Waals surface area (Å²) < 4.78 is 1.57. The lowest BCUT2D eigenvalue weighted by Gasteiger charge is -2.11. The van der Waals surface area contributed by atoms with Gasteiger partial charge in [0.15, 0.2) is 0 Å². The number of hydrogen-bond acceptors (Lipinski definition) is 7. The maximum Gasteiger partial charge on any atom is 0.269 e. The first-order valence-corrected chi connectivity index (χ1v) is 8.89. The molecular formula is C17H16N6O3S. The Morgan fingerprint density at radius 3 is 2.48 bits per heavy atom. The van der Waals surface area contributed by atoms with Crippen molar-refractivity contribution in [3.63, 3.8) is 0 Å². The molecule has 0 bridgehead atoms. The lowest BCUT2D eigenvalue weighted by molar-refractivity contribution is -0.384. The van der Waals surface area contributed by atoms with E-state index in [1.54, 1.807) is 11.6 Å². The maximum atomic E-state index is 12.4. The van der Waals surface area contributed by atoms with Crippen LogP contribution in [0.2, 0.25) is 0 Å². The number of aromatic nitrogens is 4. The first-order valence-electron chi connectivity index (χ1n) is 8.01. The number of carbonyl (C=O) groups is 1. The fraction of sp³-hybridized carbons (Fsp3) is 0.176. The molecule has 0 saturated heterocycles. The number of aryl methyl sites for hydroxylation is 1. The predicted octanol–water partition coefficient (Wildman–Crippen LogP) is 3.00. The van der Waals surface area contributed by atoms with E-state index >= 15 is 0 Å². The quantitative estimate of drug-likeness (QED) is 0.394. The fourth-order valence-electron chi connectivity index (χ4n) is 2.22. The van der Waals surface area contributed by atoms with Crippen molar-refractivity contribution in [2.45, 2.75) is 24.3 Å². The molecule has 3 rings (SSSR count). The molecule has 9 nitrogen and oxygen atoms in total. The first-order chi connectivity index (χ1) is 12.9. The Hall–Kier alpha value is -3.27. The molecule has 138 valence electrons. The molecule has 0 aliphatic carbocycles. The minimum atomic E-state index is -0.491. The highest BCUT2D eigenvalue weighted by molar-refractivity contribution is 8.00. The Morgan fingerprint density at radius 1 is 1.19 bits per heavy atom. The third-order valence-corrected chi connectivity index (χ3v) is 4.75. The maximum absolute atomic E-state index is 12.4. The summed E-state index contributed by atoms with van der Waals surface area (Å²) >= 11 is 1.22. The van der Waals surface area contributed by atoms with E-state index in [4.69, 9.17) is 0 Å². The third kappa shape index (κ3) is 4.47. The van der Waals surface area contributed by atoms with Gasteiger partial charge in [0.25, 0.3) is 5.69 Å². The van der Waals surface area contributed by atoms with Crippen LogP contribution in [0.5, 0.6) is 0 Å². The number of hydrogen-bond donors (Lipinski definition) is 1.